The molecule has 0 unspecified atom stereocenters. The highest BCUT2D eigenvalue weighted by molar-refractivity contribution is 4.64. The monoisotopic (exact) mass is 197 g/mol. The third-order valence-electron chi connectivity index (χ3n) is 2.11. The van der Waals surface area contributed by atoms with E-state index in [1.54, 1.807) is 0 Å². The van der Waals surface area contributed by atoms with Crippen LogP contribution in [0.15, 0.2) is 18.7 Å². The lowest BCUT2D eigenvalue weighted by Crippen LogP contribution is -2.32. The minimum Gasteiger partial charge on any atom is -0.342 e. The fourth-order valence-electron chi connectivity index (χ4n) is 1.32. The molecule has 0 radical (unpaired) electrons. The molecule has 0 fully saturated rings. The van der Waals surface area contributed by atoms with Crippen LogP contribution in [-0.2, 0) is 18.0 Å². The zero-order valence-electron chi connectivity index (χ0n) is 9.28. The van der Waals surface area contributed by atoms with Gasteiger partial charge in [0.25, 0.3) is 0 Å². The van der Waals surface area contributed by atoms with E-state index in [1.807, 2.05) is 0 Å². The summed E-state index contributed by atoms with van der Waals surface area (Å²) in [6.07, 6.45) is 9.76. The highest BCUT2D eigenvalue weighted by atomic mass is 16.5. The summed E-state index contributed by atoms with van der Waals surface area (Å²) < 4.78 is 9.76. The van der Waals surface area contributed by atoms with Gasteiger partial charge >= 0.3 is 0 Å². The van der Waals surface area contributed by atoms with Gasteiger partial charge < -0.3 is 4.74 Å². The van der Waals surface area contributed by atoms with Gasteiger partial charge in [-0.05, 0) is 12.8 Å². The molecule has 0 amide bonds. The van der Waals surface area contributed by atoms with Crippen LogP contribution in [0.2, 0.25) is 0 Å². The SMILES string of the molecule is CCCCOC[n+]1ccn(CCC)c1. The first-order valence-corrected chi connectivity index (χ1v) is 5.49. The molecule has 0 spiro atoms. The van der Waals surface area contributed by atoms with Crippen molar-refractivity contribution in [2.75, 3.05) is 6.61 Å². The van der Waals surface area contributed by atoms with E-state index < -0.39 is 0 Å². The van der Waals surface area contributed by atoms with Crippen molar-refractivity contribution in [3.63, 3.8) is 0 Å². The minimum absolute atomic E-state index is 0.677. The fourth-order valence-corrected chi connectivity index (χ4v) is 1.32. The topological polar surface area (TPSA) is 18.0 Å². The Morgan fingerprint density at radius 2 is 2.14 bits per heavy atom. The van der Waals surface area contributed by atoms with Crippen LogP contribution in [0.4, 0.5) is 0 Å². The van der Waals surface area contributed by atoms with E-state index >= 15 is 0 Å². The average Bonchev–Trinajstić information content (AvgIpc) is 2.61. The first-order valence-electron chi connectivity index (χ1n) is 5.49. The third kappa shape index (κ3) is 3.92. The van der Waals surface area contributed by atoms with E-state index in [4.69, 9.17) is 4.74 Å². The Labute approximate surface area is 86.3 Å². The highest BCUT2D eigenvalue weighted by Crippen LogP contribution is 1.90. The molecule has 0 bridgehead atoms. The van der Waals surface area contributed by atoms with Crippen molar-refractivity contribution >= 4 is 0 Å². The standard InChI is InChI=1S/C11H21N2O/c1-3-5-9-14-11-13-8-7-12(10-13)6-4-2/h7-8,10H,3-6,9,11H2,1-2H3/q+1. The van der Waals surface area contributed by atoms with Gasteiger partial charge in [-0.1, -0.05) is 20.3 Å². The van der Waals surface area contributed by atoms with Gasteiger partial charge in [-0.15, -0.1) is 0 Å². The molecular weight excluding hydrogens is 176 g/mol. The van der Waals surface area contributed by atoms with Crippen molar-refractivity contribution in [3.8, 4) is 0 Å². The van der Waals surface area contributed by atoms with Crippen molar-refractivity contribution in [2.45, 2.75) is 46.4 Å². The van der Waals surface area contributed by atoms with Crippen LogP contribution < -0.4 is 4.57 Å². The van der Waals surface area contributed by atoms with Crippen molar-refractivity contribution in [1.29, 1.82) is 0 Å². The maximum Gasteiger partial charge on any atom is 0.245 e. The lowest BCUT2D eigenvalue weighted by Gasteiger charge is -1.98. The molecular formula is C11H21N2O+. The molecule has 0 saturated carbocycles. The fraction of sp³-hybridized carbons (Fsp3) is 0.727. The second kappa shape index (κ2) is 6.60. The lowest BCUT2D eigenvalue weighted by molar-refractivity contribution is -0.732. The molecule has 1 heterocycles. The number of nitrogens with zero attached hydrogens (tertiary/aromatic N) is 2. The molecule has 1 rings (SSSR count). The number of rotatable bonds is 7. The number of hydrogen-bond acceptors (Lipinski definition) is 1. The van der Waals surface area contributed by atoms with Gasteiger partial charge in [-0.3, -0.25) is 0 Å². The third-order valence-corrected chi connectivity index (χ3v) is 2.11. The van der Waals surface area contributed by atoms with Crippen molar-refractivity contribution in [1.82, 2.24) is 4.57 Å². The molecule has 0 saturated heterocycles. The molecule has 0 atom stereocenters. The number of hydrogen-bond donors (Lipinski definition) is 0. The Morgan fingerprint density at radius 3 is 2.86 bits per heavy atom. The van der Waals surface area contributed by atoms with E-state index in [-0.39, 0.29) is 0 Å². The molecule has 14 heavy (non-hydrogen) atoms. The van der Waals surface area contributed by atoms with E-state index in [1.165, 1.54) is 12.8 Å². The summed E-state index contributed by atoms with van der Waals surface area (Å²) in [6, 6.07) is 0. The van der Waals surface area contributed by atoms with Gasteiger partial charge in [0.2, 0.25) is 6.33 Å². The van der Waals surface area contributed by atoms with Crippen LogP contribution in [0.25, 0.3) is 0 Å². The molecule has 0 aromatic carbocycles. The Morgan fingerprint density at radius 1 is 1.29 bits per heavy atom. The Bertz CT molecular complexity index is 245. The summed E-state index contributed by atoms with van der Waals surface area (Å²) in [4.78, 5) is 0. The maximum absolute atomic E-state index is 5.50. The normalized spacial score (nSPS) is 10.7. The molecule has 3 nitrogen and oxygen atoms in total. The molecule has 0 N–H and O–H groups in total. The lowest BCUT2D eigenvalue weighted by atomic mass is 10.4. The van der Waals surface area contributed by atoms with Gasteiger partial charge in [0.1, 0.15) is 12.4 Å². The quantitative estimate of drug-likeness (QED) is 0.482. The first-order chi connectivity index (χ1) is 6.86. The molecule has 0 aliphatic carbocycles. The number of aryl methyl sites for hydroxylation is 1. The molecule has 1 aromatic heterocycles. The van der Waals surface area contributed by atoms with E-state index in [9.17, 15) is 0 Å². The maximum atomic E-state index is 5.50. The summed E-state index contributed by atoms with van der Waals surface area (Å²) in [5, 5.41) is 0. The second-order valence-electron chi connectivity index (χ2n) is 3.56. The van der Waals surface area contributed by atoms with Crippen LogP contribution >= 0.6 is 0 Å². The highest BCUT2D eigenvalue weighted by Gasteiger charge is 2.01. The summed E-state index contributed by atoms with van der Waals surface area (Å²) in [5.41, 5.74) is 0. The van der Waals surface area contributed by atoms with Crippen LogP contribution in [0.5, 0.6) is 0 Å². The summed E-state index contributed by atoms with van der Waals surface area (Å²) in [6.45, 7) is 6.98. The van der Waals surface area contributed by atoms with Gasteiger partial charge in [-0.2, -0.15) is 0 Å². The van der Waals surface area contributed by atoms with Crippen LogP contribution in [0.1, 0.15) is 33.1 Å². The smallest absolute Gasteiger partial charge is 0.245 e. The Balaban J connectivity index is 2.22. The number of unbranched alkanes of at least 4 members (excludes halogenated alkanes) is 1. The second-order valence-corrected chi connectivity index (χ2v) is 3.56. The van der Waals surface area contributed by atoms with Crippen LogP contribution in [0, 0.1) is 0 Å². The predicted molar refractivity (Wildman–Crippen MR) is 55.8 cm³/mol. The molecule has 0 aliphatic rings. The zero-order chi connectivity index (χ0) is 10.2. The Hall–Kier alpha value is -0.830. The number of ether oxygens (including phenoxy) is 1. The molecule has 0 aliphatic heterocycles. The van der Waals surface area contributed by atoms with Crippen LogP contribution in [-0.4, -0.2) is 11.2 Å². The van der Waals surface area contributed by atoms with Crippen molar-refractivity contribution in [3.05, 3.63) is 18.7 Å². The van der Waals surface area contributed by atoms with Crippen molar-refractivity contribution in [2.24, 2.45) is 0 Å². The minimum atomic E-state index is 0.677. The molecule has 80 valence electrons. The predicted octanol–water partition coefficient (Wildman–Crippen LogP) is 1.96. The summed E-state index contributed by atoms with van der Waals surface area (Å²) in [5.74, 6) is 0. The zero-order valence-corrected chi connectivity index (χ0v) is 9.28. The van der Waals surface area contributed by atoms with Gasteiger partial charge in [0.15, 0.2) is 6.73 Å². The number of aromatic nitrogens is 2. The largest absolute Gasteiger partial charge is 0.342 e. The van der Waals surface area contributed by atoms with Crippen LogP contribution in [0.3, 0.4) is 0 Å². The first kappa shape index (κ1) is 11.2. The summed E-state index contributed by atoms with van der Waals surface area (Å²) in [7, 11) is 0. The summed E-state index contributed by atoms with van der Waals surface area (Å²) >= 11 is 0. The van der Waals surface area contributed by atoms with E-state index in [0.717, 1.165) is 19.6 Å². The van der Waals surface area contributed by atoms with Gasteiger partial charge in [-0.25, -0.2) is 9.13 Å². The molecule has 3 heteroatoms. The van der Waals surface area contributed by atoms with Crippen molar-refractivity contribution < 1.29 is 9.30 Å². The van der Waals surface area contributed by atoms with E-state index in [0.29, 0.717) is 6.73 Å². The average molecular weight is 197 g/mol. The Kier molecular flexibility index (Phi) is 5.30. The molecule has 1 aromatic rings. The van der Waals surface area contributed by atoms with Gasteiger partial charge in [0, 0.05) is 0 Å². The van der Waals surface area contributed by atoms with Gasteiger partial charge in [0.05, 0.1) is 13.2 Å². The number of imidazole rings is 1. The van der Waals surface area contributed by atoms with E-state index in [2.05, 4.69) is 41.7 Å².